The standard InChI is InChI=1S/C13H12N2O3/c1-18-13-11(15(16)17)5-4-10-9(8-2-3-8)6-7-14-12(10)13/h4-8H,2-3H2,1H3. The number of pyridine rings is 1. The van der Waals surface area contributed by atoms with Crippen molar-refractivity contribution in [1.82, 2.24) is 4.98 Å². The van der Waals surface area contributed by atoms with Crippen molar-refractivity contribution in [1.29, 1.82) is 0 Å². The summed E-state index contributed by atoms with van der Waals surface area (Å²) in [5, 5.41) is 11.9. The second-order valence-electron chi connectivity index (χ2n) is 4.45. The lowest BCUT2D eigenvalue weighted by Gasteiger charge is -2.08. The van der Waals surface area contributed by atoms with Crippen LogP contribution in [0.2, 0.25) is 0 Å². The minimum Gasteiger partial charge on any atom is -0.489 e. The topological polar surface area (TPSA) is 65.3 Å². The van der Waals surface area contributed by atoms with Crippen LogP contribution < -0.4 is 4.74 Å². The van der Waals surface area contributed by atoms with Gasteiger partial charge in [0.25, 0.3) is 0 Å². The Bertz CT molecular complexity index is 635. The Morgan fingerprint density at radius 2 is 2.17 bits per heavy atom. The number of aromatic nitrogens is 1. The number of hydrogen-bond acceptors (Lipinski definition) is 4. The number of ether oxygens (including phenoxy) is 1. The molecule has 1 aromatic heterocycles. The maximum absolute atomic E-state index is 11.0. The molecule has 1 fully saturated rings. The molecule has 0 unspecified atom stereocenters. The molecular weight excluding hydrogens is 232 g/mol. The third-order valence-electron chi connectivity index (χ3n) is 3.30. The molecule has 0 saturated heterocycles. The van der Waals surface area contributed by atoms with Crippen molar-refractivity contribution < 1.29 is 9.66 Å². The first-order valence-electron chi connectivity index (χ1n) is 5.82. The molecule has 0 amide bonds. The predicted molar refractivity (Wildman–Crippen MR) is 66.9 cm³/mol. The molecule has 1 aromatic carbocycles. The zero-order valence-corrected chi connectivity index (χ0v) is 9.92. The molecule has 0 spiro atoms. The van der Waals surface area contributed by atoms with Crippen molar-refractivity contribution in [2.24, 2.45) is 0 Å². The predicted octanol–water partition coefficient (Wildman–Crippen LogP) is 3.03. The second-order valence-corrected chi connectivity index (χ2v) is 4.45. The Hall–Kier alpha value is -2.17. The van der Waals surface area contributed by atoms with Gasteiger partial charge in [-0.3, -0.25) is 15.1 Å². The number of nitro groups is 1. The lowest BCUT2D eigenvalue weighted by molar-refractivity contribution is -0.385. The number of fused-ring (bicyclic) bond motifs is 1. The van der Waals surface area contributed by atoms with Crippen LogP contribution in [0.15, 0.2) is 24.4 Å². The van der Waals surface area contributed by atoms with Gasteiger partial charge in [0.15, 0.2) is 0 Å². The second kappa shape index (κ2) is 3.94. The van der Waals surface area contributed by atoms with Crippen LogP contribution in [0.3, 0.4) is 0 Å². The lowest BCUT2D eigenvalue weighted by Crippen LogP contribution is -1.97. The van der Waals surface area contributed by atoms with E-state index in [1.165, 1.54) is 31.6 Å². The van der Waals surface area contributed by atoms with E-state index in [1.54, 1.807) is 12.3 Å². The lowest BCUT2D eigenvalue weighted by atomic mass is 10.0. The van der Waals surface area contributed by atoms with Gasteiger partial charge in [0.2, 0.25) is 5.75 Å². The van der Waals surface area contributed by atoms with E-state index in [0.29, 0.717) is 11.4 Å². The van der Waals surface area contributed by atoms with Gasteiger partial charge in [-0.25, -0.2) is 0 Å². The Labute approximate surface area is 104 Å². The number of rotatable bonds is 3. The molecule has 5 heteroatoms. The highest BCUT2D eigenvalue weighted by molar-refractivity contribution is 5.91. The fraction of sp³-hybridized carbons (Fsp3) is 0.308. The summed E-state index contributed by atoms with van der Waals surface area (Å²) < 4.78 is 5.17. The number of nitro benzene ring substituents is 1. The van der Waals surface area contributed by atoms with Gasteiger partial charge in [-0.2, -0.15) is 0 Å². The zero-order chi connectivity index (χ0) is 12.7. The molecular formula is C13H12N2O3. The molecule has 1 aliphatic carbocycles. The molecule has 0 bridgehead atoms. The van der Waals surface area contributed by atoms with Crippen molar-refractivity contribution >= 4 is 16.6 Å². The number of benzene rings is 1. The summed E-state index contributed by atoms with van der Waals surface area (Å²) in [4.78, 5) is 14.7. The van der Waals surface area contributed by atoms with Crippen LogP contribution in [0.4, 0.5) is 5.69 Å². The van der Waals surface area contributed by atoms with Crippen LogP contribution in [-0.2, 0) is 0 Å². The molecule has 92 valence electrons. The average molecular weight is 244 g/mol. The molecule has 2 aromatic rings. The third-order valence-corrected chi connectivity index (χ3v) is 3.30. The summed E-state index contributed by atoms with van der Waals surface area (Å²) in [7, 11) is 1.44. The highest BCUT2D eigenvalue weighted by atomic mass is 16.6. The van der Waals surface area contributed by atoms with Gasteiger partial charge in [0, 0.05) is 17.6 Å². The van der Waals surface area contributed by atoms with Gasteiger partial charge in [-0.15, -0.1) is 0 Å². The largest absolute Gasteiger partial charge is 0.489 e. The van der Waals surface area contributed by atoms with Gasteiger partial charge in [-0.05, 0) is 36.5 Å². The first-order chi connectivity index (χ1) is 8.72. The maximum atomic E-state index is 11.0. The average Bonchev–Trinajstić information content (AvgIpc) is 3.20. The quantitative estimate of drug-likeness (QED) is 0.614. The Morgan fingerprint density at radius 1 is 1.39 bits per heavy atom. The minimum atomic E-state index is -0.441. The van der Waals surface area contributed by atoms with E-state index in [0.717, 1.165) is 5.39 Å². The number of methoxy groups -OCH3 is 1. The third kappa shape index (κ3) is 1.59. The molecule has 1 aliphatic rings. The van der Waals surface area contributed by atoms with Crippen LogP contribution in [0.25, 0.3) is 10.9 Å². The van der Waals surface area contributed by atoms with Gasteiger partial charge in [-0.1, -0.05) is 0 Å². The van der Waals surface area contributed by atoms with Crippen LogP contribution in [0.5, 0.6) is 5.75 Å². The number of nitrogens with zero attached hydrogens (tertiary/aromatic N) is 2. The monoisotopic (exact) mass is 244 g/mol. The Balaban J connectivity index is 2.31. The van der Waals surface area contributed by atoms with Gasteiger partial charge < -0.3 is 4.74 Å². The molecule has 3 rings (SSSR count). The fourth-order valence-corrected chi connectivity index (χ4v) is 2.30. The van der Waals surface area contributed by atoms with Crippen LogP contribution in [0.1, 0.15) is 24.3 Å². The van der Waals surface area contributed by atoms with Crippen LogP contribution >= 0.6 is 0 Å². The van der Waals surface area contributed by atoms with E-state index in [4.69, 9.17) is 4.74 Å². The summed E-state index contributed by atoms with van der Waals surface area (Å²) in [6.45, 7) is 0. The number of hydrogen-bond donors (Lipinski definition) is 0. The molecule has 0 atom stereocenters. The maximum Gasteiger partial charge on any atom is 0.313 e. The molecule has 1 saturated carbocycles. The van der Waals surface area contributed by atoms with E-state index in [1.807, 2.05) is 6.07 Å². The first-order valence-corrected chi connectivity index (χ1v) is 5.82. The van der Waals surface area contributed by atoms with Gasteiger partial charge >= 0.3 is 5.69 Å². The van der Waals surface area contributed by atoms with Gasteiger partial charge in [0.1, 0.15) is 5.52 Å². The molecule has 1 heterocycles. The van der Waals surface area contributed by atoms with Crippen molar-refractivity contribution in [3.8, 4) is 5.75 Å². The molecule has 0 radical (unpaired) electrons. The van der Waals surface area contributed by atoms with E-state index in [2.05, 4.69) is 4.98 Å². The highest BCUT2D eigenvalue weighted by Crippen LogP contribution is 2.45. The zero-order valence-electron chi connectivity index (χ0n) is 9.92. The summed E-state index contributed by atoms with van der Waals surface area (Å²) in [6, 6.07) is 5.26. The van der Waals surface area contributed by atoms with Gasteiger partial charge in [0.05, 0.1) is 12.0 Å². The minimum absolute atomic E-state index is 0.0366. The normalized spacial score (nSPS) is 14.7. The van der Waals surface area contributed by atoms with Crippen LogP contribution in [-0.4, -0.2) is 17.0 Å². The summed E-state index contributed by atoms with van der Waals surface area (Å²) >= 11 is 0. The smallest absolute Gasteiger partial charge is 0.313 e. The molecule has 0 N–H and O–H groups in total. The van der Waals surface area contributed by atoms with Crippen LogP contribution in [0, 0.1) is 10.1 Å². The summed E-state index contributed by atoms with van der Waals surface area (Å²) in [6.07, 6.45) is 4.05. The SMILES string of the molecule is COc1c([N+](=O)[O-])ccc2c(C3CC3)ccnc12. The molecule has 0 aliphatic heterocycles. The fourth-order valence-electron chi connectivity index (χ4n) is 2.30. The van der Waals surface area contributed by atoms with Crippen molar-refractivity contribution in [3.63, 3.8) is 0 Å². The molecule has 18 heavy (non-hydrogen) atoms. The first kappa shape index (κ1) is 11.0. The highest BCUT2D eigenvalue weighted by Gasteiger charge is 2.27. The summed E-state index contributed by atoms with van der Waals surface area (Å²) in [5.41, 5.74) is 1.76. The van der Waals surface area contributed by atoms with E-state index < -0.39 is 4.92 Å². The van der Waals surface area contributed by atoms with E-state index in [9.17, 15) is 10.1 Å². The Kier molecular flexibility index (Phi) is 2.40. The van der Waals surface area contributed by atoms with E-state index in [-0.39, 0.29) is 11.4 Å². The molecule has 5 nitrogen and oxygen atoms in total. The summed E-state index contributed by atoms with van der Waals surface area (Å²) in [5.74, 6) is 0.821. The van der Waals surface area contributed by atoms with Crippen molar-refractivity contribution in [3.05, 3.63) is 40.1 Å². The van der Waals surface area contributed by atoms with Crippen molar-refractivity contribution in [2.45, 2.75) is 18.8 Å². The van der Waals surface area contributed by atoms with Crippen molar-refractivity contribution in [2.75, 3.05) is 7.11 Å². The Morgan fingerprint density at radius 3 is 2.78 bits per heavy atom. The van der Waals surface area contributed by atoms with E-state index >= 15 is 0 Å².